The molecule has 2 N–H and O–H groups in total. The van der Waals surface area contributed by atoms with Crippen LogP contribution in [0.2, 0.25) is 0 Å². The Hall–Kier alpha value is -1.55. The van der Waals surface area contributed by atoms with Crippen LogP contribution in [0.4, 0.5) is 0 Å². The monoisotopic (exact) mass is 237 g/mol. The number of hydrogen-bond donors (Lipinski definition) is 2. The lowest BCUT2D eigenvalue weighted by atomic mass is 10.2. The lowest BCUT2D eigenvalue weighted by molar-refractivity contribution is -0.123. The van der Waals surface area contributed by atoms with Crippen LogP contribution >= 0.6 is 0 Å². The van der Waals surface area contributed by atoms with Gasteiger partial charge in [-0.25, -0.2) is 0 Å². The van der Waals surface area contributed by atoms with Gasteiger partial charge in [0.15, 0.2) is 6.61 Å². The van der Waals surface area contributed by atoms with Crippen molar-refractivity contribution < 1.29 is 14.6 Å². The molecule has 4 heteroatoms. The minimum absolute atomic E-state index is 0.0125. The van der Waals surface area contributed by atoms with E-state index in [-0.39, 0.29) is 19.1 Å². The van der Waals surface area contributed by atoms with Crippen molar-refractivity contribution in [3.63, 3.8) is 0 Å². The maximum atomic E-state index is 11.4. The second-order valence-corrected chi connectivity index (χ2v) is 3.80. The number of nitrogens with one attached hydrogen (secondary N) is 1. The number of hydrogen-bond acceptors (Lipinski definition) is 3. The first-order valence-corrected chi connectivity index (χ1v) is 5.85. The predicted octanol–water partition coefficient (Wildman–Crippen LogP) is 1.47. The Kier molecular flexibility index (Phi) is 6.10. The molecular weight excluding hydrogens is 218 g/mol. The fourth-order valence-electron chi connectivity index (χ4n) is 1.34. The molecule has 0 aliphatic rings. The number of unbranched alkanes of at least 4 members (excludes halogenated alkanes) is 1. The van der Waals surface area contributed by atoms with Gasteiger partial charge in [0, 0.05) is 6.54 Å². The van der Waals surface area contributed by atoms with E-state index in [1.807, 2.05) is 0 Å². The highest BCUT2D eigenvalue weighted by Crippen LogP contribution is 2.12. The molecular formula is C13H19NO3. The molecule has 1 aromatic carbocycles. The molecule has 4 nitrogen and oxygen atoms in total. The van der Waals surface area contributed by atoms with Gasteiger partial charge in [0.25, 0.3) is 5.91 Å². The number of carbonyl (C=O) groups excluding carboxylic acids is 1. The molecule has 0 spiro atoms. The van der Waals surface area contributed by atoms with Crippen molar-refractivity contribution in [3.05, 3.63) is 29.8 Å². The van der Waals surface area contributed by atoms with Crippen LogP contribution in [0.5, 0.6) is 5.75 Å². The normalized spacial score (nSPS) is 10.0. The predicted molar refractivity (Wildman–Crippen MR) is 65.8 cm³/mol. The summed E-state index contributed by atoms with van der Waals surface area (Å²) in [5.74, 6) is 0.482. The zero-order valence-corrected chi connectivity index (χ0v) is 10.1. The minimum Gasteiger partial charge on any atom is -0.484 e. The zero-order valence-electron chi connectivity index (χ0n) is 10.1. The largest absolute Gasteiger partial charge is 0.484 e. The summed E-state index contributed by atoms with van der Waals surface area (Å²) in [6.07, 6.45) is 2.03. The summed E-state index contributed by atoms with van der Waals surface area (Å²) in [4.78, 5) is 11.4. The van der Waals surface area contributed by atoms with Gasteiger partial charge in [0.1, 0.15) is 5.75 Å². The molecule has 1 aromatic rings. The number of rotatable bonds is 7. The van der Waals surface area contributed by atoms with Crippen molar-refractivity contribution in [3.8, 4) is 5.75 Å². The third-order valence-corrected chi connectivity index (χ3v) is 2.30. The van der Waals surface area contributed by atoms with Crippen molar-refractivity contribution in [2.24, 2.45) is 0 Å². The van der Waals surface area contributed by atoms with Crippen molar-refractivity contribution in [1.29, 1.82) is 0 Å². The van der Waals surface area contributed by atoms with E-state index < -0.39 is 0 Å². The SMILES string of the molecule is CCCCNC(=O)COc1cccc(CO)c1. The first kappa shape index (κ1) is 13.5. The Bertz CT molecular complexity index is 352. The van der Waals surface area contributed by atoms with Crippen LogP contribution in [-0.4, -0.2) is 24.2 Å². The fourth-order valence-corrected chi connectivity index (χ4v) is 1.34. The second kappa shape index (κ2) is 7.68. The summed E-state index contributed by atoms with van der Waals surface area (Å²) in [5.41, 5.74) is 0.772. The van der Waals surface area contributed by atoms with Crippen LogP contribution in [0.15, 0.2) is 24.3 Å². The lowest BCUT2D eigenvalue weighted by Gasteiger charge is -2.07. The molecule has 0 radical (unpaired) electrons. The fraction of sp³-hybridized carbons (Fsp3) is 0.462. The lowest BCUT2D eigenvalue weighted by Crippen LogP contribution is -2.29. The number of carbonyl (C=O) groups is 1. The smallest absolute Gasteiger partial charge is 0.257 e. The Morgan fingerprint density at radius 2 is 2.29 bits per heavy atom. The Morgan fingerprint density at radius 3 is 3.00 bits per heavy atom. The summed E-state index contributed by atoms with van der Waals surface area (Å²) in [5, 5.41) is 11.7. The molecule has 0 heterocycles. The van der Waals surface area contributed by atoms with Gasteiger partial charge in [-0.15, -0.1) is 0 Å². The van der Waals surface area contributed by atoms with E-state index in [1.54, 1.807) is 24.3 Å². The Balaban J connectivity index is 2.31. The number of aliphatic hydroxyl groups is 1. The van der Waals surface area contributed by atoms with Gasteiger partial charge in [-0.3, -0.25) is 4.79 Å². The topological polar surface area (TPSA) is 58.6 Å². The molecule has 94 valence electrons. The Labute approximate surface area is 102 Å². The van der Waals surface area contributed by atoms with Crippen molar-refractivity contribution in [1.82, 2.24) is 5.32 Å². The third kappa shape index (κ3) is 5.36. The van der Waals surface area contributed by atoms with Crippen LogP contribution in [0, 0.1) is 0 Å². The van der Waals surface area contributed by atoms with E-state index in [4.69, 9.17) is 9.84 Å². The number of amides is 1. The van der Waals surface area contributed by atoms with Gasteiger partial charge in [0.2, 0.25) is 0 Å². The van der Waals surface area contributed by atoms with Crippen molar-refractivity contribution in [2.75, 3.05) is 13.2 Å². The van der Waals surface area contributed by atoms with Crippen LogP contribution in [0.25, 0.3) is 0 Å². The van der Waals surface area contributed by atoms with E-state index in [0.29, 0.717) is 12.3 Å². The molecule has 0 aliphatic heterocycles. The molecule has 1 amide bonds. The van der Waals surface area contributed by atoms with E-state index in [0.717, 1.165) is 18.4 Å². The molecule has 0 aliphatic carbocycles. The maximum Gasteiger partial charge on any atom is 0.257 e. The number of aliphatic hydroxyl groups excluding tert-OH is 1. The van der Waals surface area contributed by atoms with Crippen LogP contribution in [0.1, 0.15) is 25.3 Å². The zero-order chi connectivity index (χ0) is 12.5. The third-order valence-electron chi connectivity index (χ3n) is 2.30. The van der Waals surface area contributed by atoms with E-state index in [9.17, 15) is 4.79 Å². The molecule has 17 heavy (non-hydrogen) atoms. The number of benzene rings is 1. The summed E-state index contributed by atoms with van der Waals surface area (Å²) in [6.45, 7) is 2.75. The molecule has 0 aromatic heterocycles. The highest BCUT2D eigenvalue weighted by molar-refractivity contribution is 5.77. The van der Waals surface area contributed by atoms with Crippen molar-refractivity contribution in [2.45, 2.75) is 26.4 Å². The average Bonchev–Trinajstić information content (AvgIpc) is 2.37. The summed E-state index contributed by atoms with van der Waals surface area (Å²) >= 11 is 0. The molecule has 0 saturated heterocycles. The highest BCUT2D eigenvalue weighted by Gasteiger charge is 2.02. The Morgan fingerprint density at radius 1 is 1.47 bits per heavy atom. The van der Waals surface area contributed by atoms with Gasteiger partial charge in [-0.2, -0.15) is 0 Å². The molecule has 0 saturated carbocycles. The quantitative estimate of drug-likeness (QED) is 0.706. The molecule has 1 rings (SSSR count). The second-order valence-electron chi connectivity index (χ2n) is 3.80. The molecule has 0 atom stereocenters. The number of ether oxygens (including phenoxy) is 1. The van der Waals surface area contributed by atoms with Gasteiger partial charge >= 0.3 is 0 Å². The average molecular weight is 237 g/mol. The van der Waals surface area contributed by atoms with Gasteiger partial charge in [-0.1, -0.05) is 25.5 Å². The first-order valence-electron chi connectivity index (χ1n) is 5.85. The van der Waals surface area contributed by atoms with Crippen LogP contribution in [-0.2, 0) is 11.4 Å². The standard InChI is InChI=1S/C13H19NO3/c1-2-3-7-14-13(16)10-17-12-6-4-5-11(8-12)9-15/h4-6,8,15H,2-3,7,9-10H2,1H3,(H,14,16). The van der Waals surface area contributed by atoms with E-state index in [2.05, 4.69) is 12.2 Å². The molecule has 0 fully saturated rings. The molecule has 0 unspecified atom stereocenters. The molecule has 0 bridgehead atoms. The van der Waals surface area contributed by atoms with Gasteiger partial charge in [0.05, 0.1) is 6.61 Å². The highest BCUT2D eigenvalue weighted by atomic mass is 16.5. The van der Waals surface area contributed by atoms with Crippen LogP contribution in [0.3, 0.4) is 0 Å². The first-order chi connectivity index (χ1) is 8.26. The minimum atomic E-state index is -0.118. The van der Waals surface area contributed by atoms with E-state index in [1.165, 1.54) is 0 Å². The summed E-state index contributed by atoms with van der Waals surface area (Å²) in [6, 6.07) is 7.07. The van der Waals surface area contributed by atoms with Gasteiger partial charge < -0.3 is 15.2 Å². The summed E-state index contributed by atoms with van der Waals surface area (Å²) in [7, 11) is 0. The summed E-state index contributed by atoms with van der Waals surface area (Å²) < 4.78 is 5.32. The maximum absolute atomic E-state index is 11.4. The van der Waals surface area contributed by atoms with Crippen molar-refractivity contribution >= 4 is 5.91 Å². The van der Waals surface area contributed by atoms with Crippen LogP contribution < -0.4 is 10.1 Å². The van der Waals surface area contributed by atoms with Gasteiger partial charge in [-0.05, 0) is 24.1 Å². The van der Waals surface area contributed by atoms with E-state index >= 15 is 0 Å².